The monoisotopic (exact) mass is 320 g/mol. The Bertz CT molecular complexity index is 509. The Morgan fingerprint density at radius 1 is 1.60 bits per heavy atom. The summed E-state index contributed by atoms with van der Waals surface area (Å²) in [5, 5.41) is 1.72. The van der Waals surface area contributed by atoms with Crippen LogP contribution in [0.1, 0.15) is 25.0 Å². The van der Waals surface area contributed by atoms with Gasteiger partial charge in [0, 0.05) is 30.8 Å². The Balaban J connectivity index is 1.60. The van der Waals surface area contributed by atoms with Gasteiger partial charge in [-0.25, -0.2) is 18.1 Å². The Labute approximate surface area is 123 Å². The molecule has 1 saturated heterocycles. The molecule has 0 bridgehead atoms. The minimum atomic E-state index is -3.47. The zero-order valence-corrected chi connectivity index (χ0v) is 13.1. The van der Waals surface area contributed by atoms with E-state index in [0.717, 1.165) is 36.5 Å². The molecule has 0 radical (unpaired) electrons. The second-order valence-corrected chi connectivity index (χ2v) is 7.51. The summed E-state index contributed by atoms with van der Waals surface area (Å²) < 4.78 is 37.3. The van der Waals surface area contributed by atoms with Crippen molar-refractivity contribution in [1.29, 1.82) is 0 Å². The lowest BCUT2D eigenvalue weighted by Gasteiger charge is -2.10. The van der Waals surface area contributed by atoms with Crippen molar-refractivity contribution in [3.8, 4) is 0 Å². The fraction of sp³-hybridized carbons (Fsp3) is 0.750. The number of nitrogens with zero attached hydrogens (tertiary/aromatic N) is 1. The number of thiazole rings is 1. The largest absolute Gasteiger partial charge is 0.379 e. The van der Waals surface area contributed by atoms with Crippen LogP contribution >= 0.6 is 11.3 Å². The topological polar surface area (TPSA) is 77.5 Å². The molecule has 1 aromatic heterocycles. The zero-order valence-electron chi connectivity index (χ0n) is 11.5. The van der Waals surface area contributed by atoms with Crippen molar-refractivity contribution in [2.75, 3.05) is 26.4 Å². The normalized spacial score (nSPS) is 19.6. The van der Waals surface area contributed by atoms with Crippen molar-refractivity contribution in [3.05, 3.63) is 11.1 Å². The molecule has 2 rings (SSSR count). The smallest absolute Gasteiger partial charge is 0.267 e. The van der Waals surface area contributed by atoms with Crippen LogP contribution in [0.25, 0.3) is 0 Å². The van der Waals surface area contributed by atoms with Crippen molar-refractivity contribution >= 4 is 21.4 Å². The van der Waals surface area contributed by atoms with Crippen LogP contribution in [0.15, 0.2) is 9.72 Å². The fourth-order valence-electron chi connectivity index (χ4n) is 1.89. The fourth-order valence-corrected chi connectivity index (χ4v) is 4.04. The summed E-state index contributed by atoms with van der Waals surface area (Å²) in [6.45, 7) is 4.07. The Morgan fingerprint density at radius 3 is 3.10 bits per heavy atom. The van der Waals surface area contributed by atoms with Gasteiger partial charge in [0.15, 0.2) is 0 Å². The molecule has 1 aliphatic heterocycles. The van der Waals surface area contributed by atoms with Crippen molar-refractivity contribution in [3.63, 3.8) is 0 Å². The number of rotatable bonds is 8. The van der Waals surface area contributed by atoms with Gasteiger partial charge in [0.25, 0.3) is 10.0 Å². The predicted octanol–water partition coefficient (Wildman–Crippen LogP) is 1.32. The van der Waals surface area contributed by atoms with Gasteiger partial charge in [-0.1, -0.05) is 0 Å². The number of aromatic nitrogens is 1. The summed E-state index contributed by atoms with van der Waals surface area (Å²) in [5.74, 6) is 0. The molecule has 2 heterocycles. The predicted molar refractivity (Wildman–Crippen MR) is 76.4 cm³/mol. The highest BCUT2D eigenvalue weighted by atomic mass is 32.2. The van der Waals surface area contributed by atoms with Crippen molar-refractivity contribution < 1.29 is 17.9 Å². The third-order valence-electron chi connectivity index (χ3n) is 2.91. The van der Waals surface area contributed by atoms with E-state index in [1.807, 2.05) is 0 Å². The standard InChI is InChI=1S/C12H20N2O4S2/c1-10-9-19-12(14-10)20(15,16)13-5-3-6-17-8-11-4-2-7-18-11/h9,11,13H,2-8H2,1H3/t11-/m1/s1. The second kappa shape index (κ2) is 7.46. The molecule has 8 heteroatoms. The molecule has 114 valence electrons. The summed E-state index contributed by atoms with van der Waals surface area (Å²) in [6.07, 6.45) is 3.00. The van der Waals surface area contributed by atoms with Gasteiger partial charge in [0.2, 0.25) is 4.34 Å². The molecule has 1 fully saturated rings. The van der Waals surface area contributed by atoms with E-state index in [-0.39, 0.29) is 10.4 Å². The first kappa shape index (κ1) is 15.8. The van der Waals surface area contributed by atoms with Gasteiger partial charge >= 0.3 is 0 Å². The Hall–Kier alpha value is -0.540. The number of hydrogen-bond donors (Lipinski definition) is 1. The summed E-state index contributed by atoms with van der Waals surface area (Å²) in [6, 6.07) is 0. The molecule has 0 unspecified atom stereocenters. The van der Waals surface area contributed by atoms with Crippen LogP contribution < -0.4 is 4.72 Å². The van der Waals surface area contributed by atoms with E-state index in [1.54, 1.807) is 12.3 Å². The van der Waals surface area contributed by atoms with E-state index >= 15 is 0 Å². The summed E-state index contributed by atoms with van der Waals surface area (Å²) in [4.78, 5) is 3.97. The summed E-state index contributed by atoms with van der Waals surface area (Å²) in [5.41, 5.74) is 0.718. The first-order chi connectivity index (χ1) is 9.58. The van der Waals surface area contributed by atoms with Gasteiger partial charge in [0.05, 0.1) is 12.7 Å². The quantitative estimate of drug-likeness (QED) is 0.731. The average Bonchev–Trinajstić information content (AvgIpc) is 3.05. The van der Waals surface area contributed by atoms with Gasteiger partial charge in [-0.05, 0) is 26.2 Å². The number of sulfonamides is 1. The first-order valence-corrected chi connectivity index (χ1v) is 9.05. The lowest BCUT2D eigenvalue weighted by Crippen LogP contribution is -2.26. The van der Waals surface area contributed by atoms with Crippen molar-refractivity contribution in [2.45, 2.75) is 36.6 Å². The number of aryl methyl sites for hydroxylation is 1. The van der Waals surface area contributed by atoms with E-state index in [2.05, 4.69) is 9.71 Å². The van der Waals surface area contributed by atoms with Crippen LogP contribution in [0.2, 0.25) is 0 Å². The summed E-state index contributed by atoms with van der Waals surface area (Å²) >= 11 is 1.13. The third-order valence-corrected chi connectivity index (χ3v) is 5.75. The number of ether oxygens (including phenoxy) is 2. The van der Waals surface area contributed by atoms with Gasteiger partial charge in [-0.2, -0.15) is 0 Å². The lowest BCUT2D eigenvalue weighted by atomic mass is 10.2. The molecule has 6 nitrogen and oxygen atoms in total. The van der Waals surface area contributed by atoms with Gasteiger partial charge in [0.1, 0.15) is 0 Å². The average molecular weight is 320 g/mol. The van der Waals surface area contributed by atoms with E-state index in [1.165, 1.54) is 0 Å². The van der Waals surface area contributed by atoms with Crippen LogP contribution in [0, 0.1) is 6.92 Å². The maximum absolute atomic E-state index is 11.9. The second-order valence-electron chi connectivity index (χ2n) is 4.72. The van der Waals surface area contributed by atoms with Crippen LogP contribution in [0.3, 0.4) is 0 Å². The number of hydrogen-bond acceptors (Lipinski definition) is 6. The van der Waals surface area contributed by atoms with Crippen LogP contribution in [-0.4, -0.2) is 45.9 Å². The van der Waals surface area contributed by atoms with E-state index in [0.29, 0.717) is 26.2 Å². The molecule has 0 aliphatic carbocycles. The molecule has 0 saturated carbocycles. The maximum Gasteiger partial charge on any atom is 0.267 e. The third kappa shape index (κ3) is 4.78. The Morgan fingerprint density at radius 2 is 2.45 bits per heavy atom. The van der Waals surface area contributed by atoms with Crippen molar-refractivity contribution in [2.24, 2.45) is 0 Å². The molecule has 1 aromatic rings. The van der Waals surface area contributed by atoms with Gasteiger partial charge in [-0.3, -0.25) is 0 Å². The minimum Gasteiger partial charge on any atom is -0.379 e. The molecular formula is C12H20N2O4S2. The number of nitrogens with one attached hydrogen (secondary N) is 1. The molecule has 0 spiro atoms. The molecule has 1 atom stereocenters. The minimum absolute atomic E-state index is 0.121. The highest BCUT2D eigenvalue weighted by molar-refractivity contribution is 7.91. The van der Waals surface area contributed by atoms with Crippen LogP contribution in [0.5, 0.6) is 0 Å². The van der Waals surface area contributed by atoms with Crippen molar-refractivity contribution in [1.82, 2.24) is 9.71 Å². The first-order valence-electron chi connectivity index (χ1n) is 6.69. The Kier molecular flexibility index (Phi) is 5.91. The van der Waals surface area contributed by atoms with Crippen LogP contribution in [0.4, 0.5) is 0 Å². The molecule has 0 aromatic carbocycles. The van der Waals surface area contributed by atoms with E-state index in [4.69, 9.17) is 9.47 Å². The highest BCUT2D eigenvalue weighted by Gasteiger charge is 2.17. The molecule has 1 N–H and O–H groups in total. The molecular weight excluding hydrogens is 300 g/mol. The summed E-state index contributed by atoms with van der Waals surface area (Å²) in [7, 11) is -3.47. The highest BCUT2D eigenvalue weighted by Crippen LogP contribution is 2.14. The van der Waals surface area contributed by atoms with Gasteiger partial charge < -0.3 is 9.47 Å². The van der Waals surface area contributed by atoms with Gasteiger partial charge in [-0.15, -0.1) is 11.3 Å². The van der Waals surface area contributed by atoms with Crippen LogP contribution in [-0.2, 0) is 19.5 Å². The maximum atomic E-state index is 11.9. The molecule has 1 aliphatic rings. The molecule has 0 amide bonds. The molecule has 20 heavy (non-hydrogen) atoms. The zero-order chi connectivity index (χ0) is 14.4. The lowest BCUT2D eigenvalue weighted by molar-refractivity contribution is 0.0169. The van der Waals surface area contributed by atoms with E-state index in [9.17, 15) is 8.42 Å². The van der Waals surface area contributed by atoms with E-state index < -0.39 is 10.0 Å². The SMILES string of the molecule is Cc1csc(S(=O)(=O)NCCCOC[C@H]2CCCO2)n1.